The number of carboxylic acid groups (broad SMARTS) is 1. The van der Waals surface area contributed by atoms with Gasteiger partial charge in [0.05, 0.1) is 0 Å². The van der Waals surface area contributed by atoms with Crippen LogP contribution >= 0.6 is 0 Å². The molecule has 2 amide bonds. The summed E-state index contributed by atoms with van der Waals surface area (Å²) in [5, 5.41) is 14.2. The van der Waals surface area contributed by atoms with Crippen LogP contribution in [0, 0.1) is 5.92 Å². The molecular formula is C11H21N3O3. The van der Waals surface area contributed by atoms with E-state index in [1.807, 2.05) is 25.9 Å². The number of aliphatic carboxylic acids is 1. The number of carbonyl (C=O) groups excluding carboxylic acids is 1. The first-order chi connectivity index (χ1) is 7.90. The van der Waals surface area contributed by atoms with Gasteiger partial charge in [-0.15, -0.1) is 0 Å². The van der Waals surface area contributed by atoms with Crippen molar-refractivity contribution in [3.05, 3.63) is 0 Å². The van der Waals surface area contributed by atoms with Gasteiger partial charge in [0, 0.05) is 12.6 Å². The Balaban J connectivity index is 2.34. The summed E-state index contributed by atoms with van der Waals surface area (Å²) in [6.45, 7) is 2.60. The van der Waals surface area contributed by atoms with Crippen LogP contribution < -0.4 is 10.6 Å². The Bertz CT molecular complexity index is 290. The average molecular weight is 243 g/mol. The van der Waals surface area contributed by atoms with Crippen LogP contribution in [0.3, 0.4) is 0 Å². The predicted octanol–water partition coefficient (Wildman–Crippen LogP) is 0.0989. The van der Waals surface area contributed by atoms with Gasteiger partial charge >= 0.3 is 12.0 Å². The van der Waals surface area contributed by atoms with Crippen LogP contribution in [-0.4, -0.2) is 54.7 Å². The molecule has 98 valence electrons. The minimum absolute atomic E-state index is 0.0151. The lowest BCUT2D eigenvalue weighted by Crippen LogP contribution is -2.51. The second kappa shape index (κ2) is 5.86. The molecule has 6 heteroatoms. The van der Waals surface area contributed by atoms with Crippen LogP contribution in [-0.2, 0) is 4.79 Å². The summed E-state index contributed by atoms with van der Waals surface area (Å²) in [5.74, 6) is -0.856. The van der Waals surface area contributed by atoms with Crippen molar-refractivity contribution in [1.82, 2.24) is 15.5 Å². The number of urea groups is 1. The number of amides is 2. The third-order valence-corrected chi connectivity index (χ3v) is 2.66. The number of likely N-dealkylation sites (N-methyl/N-ethyl adjacent to an activating group) is 1. The van der Waals surface area contributed by atoms with Crippen molar-refractivity contribution in [2.24, 2.45) is 5.92 Å². The summed E-state index contributed by atoms with van der Waals surface area (Å²) in [6, 6.07) is -1.17. The monoisotopic (exact) mass is 243 g/mol. The molecule has 17 heavy (non-hydrogen) atoms. The Kier molecular flexibility index (Phi) is 4.74. The van der Waals surface area contributed by atoms with E-state index in [0.717, 1.165) is 12.8 Å². The highest BCUT2D eigenvalue weighted by molar-refractivity contribution is 5.83. The largest absolute Gasteiger partial charge is 0.480 e. The molecule has 0 radical (unpaired) electrons. The van der Waals surface area contributed by atoms with Crippen molar-refractivity contribution in [2.75, 3.05) is 20.6 Å². The predicted molar refractivity (Wildman–Crippen MR) is 63.8 cm³/mol. The van der Waals surface area contributed by atoms with E-state index in [4.69, 9.17) is 5.11 Å². The molecule has 0 aromatic heterocycles. The molecular weight excluding hydrogens is 222 g/mol. The molecule has 0 aliphatic heterocycles. The summed E-state index contributed by atoms with van der Waals surface area (Å²) >= 11 is 0. The first-order valence-electron chi connectivity index (χ1n) is 5.84. The van der Waals surface area contributed by atoms with Gasteiger partial charge in [0.15, 0.2) is 0 Å². The van der Waals surface area contributed by atoms with Gasteiger partial charge < -0.3 is 20.6 Å². The van der Waals surface area contributed by atoms with Crippen molar-refractivity contribution in [2.45, 2.75) is 31.8 Å². The number of hydrogen-bond acceptors (Lipinski definition) is 3. The van der Waals surface area contributed by atoms with E-state index < -0.39 is 18.0 Å². The normalized spacial score (nSPS) is 18.6. The molecule has 0 saturated heterocycles. The zero-order valence-corrected chi connectivity index (χ0v) is 10.6. The number of carbonyl (C=O) groups is 2. The van der Waals surface area contributed by atoms with Gasteiger partial charge in [-0.25, -0.2) is 9.59 Å². The molecule has 2 unspecified atom stereocenters. The molecule has 0 aromatic carbocycles. The summed E-state index contributed by atoms with van der Waals surface area (Å²) in [4.78, 5) is 24.5. The smallest absolute Gasteiger partial charge is 0.326 e. The second-order valence-corrected chi connectivity index (χ2v) is 4.93. The van der Waals surface area contributed by atoms with Crippen LogP contribution in [0.4, 0.5) is 4.79 Å². The lowest BCUT2D eigenvalue weighted by Gasteiger charge is -2.20. The molecule has 0 bridgehead atoms. The Labute approximate surface area is 101 Å². The highest BCUT2D eigenvalue weighted by Crippen LogP contribution is 2.32. The molecule has 3 N–H and O–H groups in total. The minimum Gasteiger partial charge on any atom is -0.480 e. The van der Waals surface area contributed by atoms with Crippen LogP contribution in [0.25, 0.3) is 0 Å². The SMILES string of the molecule is CC(CN(C)C)NC(=O)NC(C(=O)O)C1CC1. The van der Waals surface area contributed by atoms with Crippen LogP contribution in [0.1, 0.15) is 19.8 Å². The van der Waals surface area contributed by atoms with Crippen LogP contribution in [0.5, 0.6) is 0 Å². The standard InChI is InChI=1S/C11H21N3O3/c1-7(6-14(2)3)12-11(17)13-9(10(15)16)8-4-5-8/h7-9H,4-6H2,1-3H3,(H,15,16)(H2,12,13,17). The zero-order chi connectivity index (χ0) is 13.0. The second-order valence-electron chi connectivity index (χ2n) is 4.93. The number of carboxylic acids is 1. The maximum absolute atomic E-state index is 11.6. The third kappa shape index (κ3) is 5.04. The lowest BCUT2D eigenvalue weighted by atomic mass is 10.2. The maximum atomic E-state index is 11.6. The molecule has 2 atom stereocenters. The van der Waals surface area contributed by atoms with E-state index in [1.54, 1.807) is 0 Å². The Hall–Kier alpha value is -1.30. The Morgan fingerprint density at radius 1 is 1.35 bits per heavy atom. The highest BCUT2D eigenvalue weighted by atomic mass is 16.4. The average Bonchev–Trinajstić information content (AvgIpc) is 2.94. The first kappa shape index (κ1) is 13.8. The van der Waals surface area contributed by atoms with Crippen molar-refractivity contribution in [3.63, 3.8) is 0 Å². The van der Waals surface area contributed by atoms with Crippen molar-refractivity contribution in [3.8, 4) is 0 Å². The van der Waals surface area contributed by atoms with Gasteiger partial charge in [-0.05, 0) is 39.8 Å². The maximum Gasteiger partial charge on any atom is 0.326 e. The molecule has 6 nitrogen and oxygen atoms in total. The van der Waals surface area contributed by atoms with Crippen molar-refractivity contribution >= 4 is 12.0 Å². The quantitative estimate of drug-likeness (QED) is 0.618. The van der Waals surface area contributed by atoms with Crippen LogP contribution in [0.15, 0.2) is 0 Å². The van der Waals surface area contributed by atoms with E-state index in [9.17, 15) is 9.59 Å². The van der Waals surface area contributed by atoms with Crippen molar-refractivity contribution < 1.29 is 14.7 Å². The number of hydrogen-bond donors (Lipinski definition) is 3. The molecule has 0 spiro atoms. The van der Waals surface area contributed by atoms with E-state index in [-0.39, 0.29) is 12.0 Å². The van der Waals surface area contributed by atoms with E-state index in [1.165, 1.54) is 0 Å². The van der Waals surface area contributed by atoms with Gasteiger partial charge in [0.1, 0.15) is 6.04 Å². The Morgan fingerprint density at radius 2 is 1.94 bits per heavy atom. The molecule has 1 rings (SSSR count). The van der Waals surface area contributed by atoms with Gasteiger partial charge in [-0.2, -0.15) is 0 Å². The molecule has 1 aliphatic carbocycles. The summed E-state index contributed by atoms with van der Waals surface area (Å²) in [5.41, 5.74) is 0. The molecule has 1 saturated carbocycles. The fraction of sp³-hybridized carbons (Fsp3) is 0.818. The molecule has 0 heterocycles. The molecule has 1 aliphatic rings. The summed E-state index contributed by atoms with van der Waals surface area (Å²) in [6.07, 6.45) is 1.76. The summed E-state index contributed by atoms with van der Waals surface area (Å²) in [7, 11) is 3.83. The highest BCUT2D eigenvalue weighted by Gasteiger charge is 2.37. The van der Waals surface area contributed by atoms with Gasteiger partial charge in [0.2, 0.25) is 0 Å². The fourth-order valence-electron chi connectivity index (χ4n) is 1.81. The summed E-state index contributed by atoms with van der Waals surface area (Å²) < 4.78 is 0. The minimum atomic E-state index is -0.956. The third-order valence-electron chi connectivity index (χ3n) is 2.66. The molecule has 0 aromatic rings. The van der Waals surface area contributed by atoms with E-state index in [0.29, 0.717) is 6.54 Å². The fourth-order valence-corrected chi connectivity index (χ4v) is 1.81. The van der Waals surface area contributed by atoms with E-state index >= 15 is 0 Å². The number of rotatable bonds is 6. The van der Waals surface area contributed by atoms with Gasteiger partial charge in [-0.3, -0.25) is 0 Å². The zero-order valence-electron chi connectivity index (χ0n) is 10.6. The van der Waals surface area contributed by atoms with Crippen molar-refractivity contribution in [1.29, 1.82) is 0 Å². The van der Waals surface area contributed by atoms with Gasteiger partial charge in [-0.1, -0.05) is 0 Å². The van der Waals surface area contributed by atoms with E-state index in [2.05, 4.69) is 10.6 Å². The topological polar surface area (TPSA) is 81.7 Å². The molecule has 1 fully saturated rings. The number of nitrogens with one attached hydrogen (secondary N) is 2. The number of nitrogens with zero attached hydrogens (tertiary/aromatic N) is 1. The Morgan fingerprint density at radius 3 is 2.35 bits per heavy atom. The lowest BCUT2D eigenvalue weighted by molar-refractivity contribution is -0.139. The van der Waals surface area contributed by atoms with Gasteiger partial charge in [0.25, 0.3) is 0 Å². The van der Waals surface area contributed by atoms with Crippen LogP contribution in [0.2, 0.25) is 0 Å². The first-order valence-corrected chi connectivity index (χ1v) is 5.84.